The maximum Gasteiger partial charge on any atom is 0.188 e. The topological polar surface area (TPSA) is 24.9 Å². The van der Waals surface area contributed by atoms with Gasteiger partial charge in [-0.25, -0.2) is 9.37 Å². The molecule has 0 saturated carbocycles. The van der Waals surface area contributed by atoms with Gasteiger partial charge in [-0.1, -0.05) is 17.4 Å². The van der Waals surface area contributed by atoms with E-state index in [0.29, 0.717) is 0 Å². The van der Waals surface area contributed by atoms with Crippen LogP contribution in [0, 0.1) is 19.7 Å². The summed E-state index contributed by atoms with van der Waals surface area (Å²) < 4.78 is 14.2. The number of nitrogens with one attached hydrogen (secondary N) is 1. The van der Waals surface area contributed by atoms with Crippen LogP contribution in [0.4, 0.5) is 15.2 Å². The van der Waals surface area contributed by atoms with E-state index >= 15 is 0 Å². The first-order chi connectivity index (χ1) is 9.11. The van der Waals surface area contributed by atoms with Gasteiger partial charge in [0.15, 0.2) is 5.13 Å². The number of nitrogens with zero attached hydrogens (tertiary/aromatic N) is 1. The molecule has 0 saturated heterocycles. The van der Waals surface area contributed by atoms with Crippen molar-refractivity contribution in [3.8, 4) is 0 Å². The second-order valence-corrected chi connectivity index (χ2v) is 5.61. The van der Waals surface area contributed by atoms with Gasteiger partial charge < -0.3 is 5.32 Å². The number of aryl methyl sites for hydroxylation is 2. The fraction of sp³-hybridized carbons (Fsp3) is 0.133. The summed E-state index contributed by atoms with van der Waals surface area (Å²) in [4.78, 5) is 4.55. The van der Waals surface area contributed by atoms with Gasteiger partial charge in [-0.15, -0.1) is 0 Å². The highest BCUT2D eigenvalue weighted by Gasteiger charge is 2.06. The first kappa shape index (κ1) is 12.1. The molecule has 0 bridgehead atoms. The highest BCUT2D eigenvalue weighted by molar-refractivity contribution is 7.22. The summed E-state index contributed by atoms with van der Waals surface area (Å²) in [5.74, 6) is -0.219. The summed E-state index contributed by atoms with van der Waals surface area (Å²) >= 11 is 1.60. The van der Waals surface area contributed by atoms with Crippen LogP contribution in [-0.4, -0.2) is 4.98 Å². The van der Waals surface area contributed by atoms with Crippen LogP contribution in [0.3, 0.4) is 0 Å². The van der Waals surface area contributed by atoms with Gasteiger partial charge in [-0.2, -0.15) is 0 Å². The fourth-order valence-corrected chi connectivity index (χ4v) is 2.83. The molecule has 0 fully saturated rings. The molecule has 2 aromatic carbocycles. The predicted molar refractivity (Wildman–Crippen MR) is 78.8 cm³/mol. The van der Waals surface area contributed by atoms with Crippen LogP contribution in [0.25, 0.3) is 10.2 Å². The molecule has 0 spiro atoms. The molecule has 3 aromatic rings. The molecule has 1 aromatic heterocycles. The number of thiazole rings is 1. The van der Waals surface area contributed by atoms with Crippen molar-refractivity contribution in [3.05, 3.63) is 53.3 Å². The van der Waals surface area contributed by atoms with Crippen molar-refractivity contribution >= 4 is 32.4 Å². The predicted octanol–water partition coefficient (Wildman–Crippen LogP) is 4.80. The molecule has 2 nitrogen and oxygen atoms in total. The smallest absolute Gasteiger partial charge is 0.188 e. The third-order valence-electron chi connectivity index (χ3n) is 2.97. The Labute approximate surface area is 114 Å². The molecule has 4 heteroatoms. The van der Waals surface area contributed by atoms with Crippen molar-refractivity contribution in [1.29, 1.82) is 0 Å². The van der Waals surface area contributed by atoms with E-state index in [2.05, 4.69) is 35.4 Å². The van der Waals surface area contributed by atoms with E-state index in [0.717, 1.165) is 26.6 Å². The average molecular weight is 272 g/mol. The second-order valence-electron chi connectivity index (χ2n) is 4.57. The number of anilines is 2. The van der Waals surface area contributed by atoms with E-state index in [1.165, 1.54) is 17.7 Å². The Bertz CT molecular complexity index is 749. The molecule has 0 amide bonds. The molecule has 0 aliphatic rings. The Hall–Kier alpha value is -1.94. The Morgan fingerprint density at radius 2 is 1.95 bits per heavy atom. The molecule has 0 aliphatic heterocycles. The average Bonchev–Trinajstić information content (AvgIpc) is 2.74. The largest absolute Gasteiger partial charge is 0.331 e. The van der Waals surface area contributed by atoms with E-state index < -0.39 is 0 Å². The Balaban J connectivity index is 1.96. The number of rotatable bonds is 2. The van der Waals surface area contributed by atoms with Gasteiger partial charge in [0.1, 0.15) is 5.82 Å². The minimum absolute atomic E-state index is 0.219. The van der Waals surface area contributed by atoms with Crippen molar-refractivity contribution in [2.24, 2.45) is 0 Å². The number of benzene rings is 2. The maximum absolute atomic E-state index is 13.1. The monoisotopic (exact) mass is 272 g/mol. The summed E-state index contributed by atoms with van der Waals surface area (Å²) in [7, 11) is 0. The number of fused-ring (bicyclic) bond motifs is 1. The van der Waals surface area contributed by atoms with Crippen molar-refractivity contribution in [3.63, 3.8) is 0 Å². The molecular formula is C15H13FN2S. The van der Waals surface area contributed by atoms with Crippen LogP contribution in [0.15, 0.2) is 36.4 Å². The Kier molecular flexibility index (Phi) is 2.95. The lowest BCUT2D eigenvalue weighted by atomic mass is 10.2. The fourth-order valence-electron chi connectivity index (χ4n) is 1.97. The highest BCUT2D eigenvalue weighted by Crippen LogP contribution is 2.29. The van der Waals surface area contributed by atoms with E-state index in [1.54, 1.807) is 17.4 Å². The SMILES string of the molecule is Cc1ccc2sc(Nc3ccc(F)cc3C)nc2c1. The van der Waals surface area contributed by atoms with Crippen LogP contribution >= 0.6 is 11.3 Å². The molecule has 0 unspecified atom stereocenters. The van der Waals surface area contributed by atoms with Crippen LogP contribution in [-0.2, 0) is 0 Å². The van der Waals surface area contributed by atoms with Crippen molar-refractivity contribution < 1.29 is 4.39 Å². The third kappa shape index (κ3) is 2.44. The first-order valence-electron chi connectivity index (χ1n) is 6.02. The van der Waals surface area contributed by atoms with Crippen LogP contribution in [0.2, 0.25) is 0 Å². The quantitative estimate of drug-likeness (QED) is 0.725. The van der Waals surface area contributed by atoms with Crippen LogP contribution < -0.4 is 5.32 Å². The number of halogens is 1. The zero-order chi connectivity index (χ0) is 13.4. The standard InChI is InChI=1S/C15H13FN2S/c1-9-3-6-14-13(7-9)18-15(19-14)17-12-5-4-11(16)8-10(12)2/h3-8H,1-2H3,(H,17,18). The lowest BCUT2D eigenvalue weighted by Crippen LogP contribution is -1.92. The minimum Gasteiger partial charge on any atom is -0.331 e. The molecule has 0 atom stereocenters. The number of aromatic nitrogens is 1. The van der Waals surface area contributed by atoms with E-state index in [9.17, 15) is 4.39 Å². The van der Waals surface area contributed by atoms with Gasteiger partial charge in [-0.3, -0.25) is 0 Å². The van der Waals surface area contributed by atoms with Gasteiger partial charge in [0.25, 0.3) is 0 Å². The molecule has 1 heterocycles. The van der Waals surface area contributed by atoms with Crippen molar-refractivity contribution in [2.75, 3.05) is 5.32 Å². The zero-order valence-electron chi connectivity index (χ0n) is 10.7. The van der Waals surface area contributed by atoms with E-state index in [-0.39, 0.29) is 5.82 Å². The number of hydrogen-bond acceptors (Lipinski definition) is 3. The first-order valence-corrected chi connectivity index (χ1v) is 6.84. The lowest BCUT2D eigenvalue weighted by molar-refractivity contribution is 0.627. The summed E-state index contributed by atoms with van der Waals surface area (Å²) in [5, 5.41) is 4.08. The number of hydrogen-bond donors (Lipinski definition) is 1. The normalized spacial score (nSPS) is 10.9. The van der Waals surface area contributed by atoms with Gasteiger partial charge in [-0.05, 0) is 55.3 Å². The summed E-state index contributed by atoms with van der Waals surface area (Å²) in [6.07, 6.45) is 0. The molecule has 1 N–H and O–H groups in total. The highest BCUT2D eigenvalue weighted by atomic mass is 32.1. The molecule has 0 radical (unpaired) electrons. The van der Waals surface area contributed by atoms with Gasteiger partial charge in [0.05, 0.1) is 10.2 Å². The second kappa shape index (κ2) is 4.63. The third-order valence-corrected chi connectivity index (χ3v) is 3.92. The lowest BCUT2D eigenvalue weighted by Gasteiger charge is -2.05. The van der Waals surface area contributed by atoms with Crippen molar-refractivity contribution in [2.45, 2.75) is 13.8 Å². The molecule has 19 heavy (non-hydrogen) atoms. The van der Waals surface area contributed by atoms with E-state index in [4.69, 9.17) is 0 Å². The Morgan fingerprint density at radius 1 is 1.11 bits per heavy atom. The minimum atomic E-state index is -0.219. The van der Waals surface area contributed by atoms with Gasteiger partial charge in [0, 0.05) is 5.69 Å². The maximum atomic E-state index is 13.1. The van der Waals surface area contributed by atoms with Gasteiger partial charge in [0.2, 0.25) is 0 Å². The Morgan fingerprint density at radius 3 is 2.74 bits per heavy atom. The van der Waals surface area contributed by atoms with Crippen LogP contribution in [0.5, 0.6) is 0 Å². The van der Waals surface area contributed by atoms with Crippen LogP contribution in [0.1, 0.15) is 11.1 Å². The summed E-state index contributed by atoms with van der Waals surface area (Å²) in [6, 6.07) is 10.9. The molecule has 0 aliphatic carbocycles. The zero-order valence-corrected chi connectivity index (χ0v) is 11.5. The van der Waals surface area contributed by atoms with Gasteiger partial charge >= 0.3 is 0 Å². The summed E-state index contributed by atoms with van der Waals surface area (Å²) in [6.45, 7) is 3.93. The molecule has 3 rings (SSSR count). The molecular weight excluding hydrogens is 259 g/mol. The van der Waals surface area contributed by atoms with Crippen molar-refractivity contribution in [1.82, 2.24) is 4.98 Å². The van der Waals surface area contributed by atoms with E-state index in [1.807, 2.05) is 6.92 Å². The summed E-state index contributed by atoms with van der Waals surface area (Å²) in [5.41, 5.74) is 3.95. The molecule has 96 valence electrons.